The van der Waals surface area contributed by atoms with Crippen molar-refractivity contribution in [3.63, 3.8) is 0 Å². The van der Waals surface area contributed by atoms with Crippen LogP contribution in [-0.4, -0.2) is 25.3 Å². The van der Waals surface area contributed by atoms with Crippen LogP contribution in [0.5, 0.6) is 11.5 Å². The fourth-order valence-corrected chi connectivity index (χ4v) is 1.40. The topological polar surface area (TPSA) is 70.5 Å². The minimum absolute atomic E-state index is 0.144. The molecule has 1 aliphatic rings. The van der Waals surface area contributed by atoms with Crippen LogP contribution in [0.4, 0.5) is 0 Å². The summed E-state index contributed by atoms with van der Waals surface area (Å²) in [6, 6.07) is 7.37. The van der Waals surface area contributed by atoms with E-state index in [1.165, 1.54) is 0 Å². The van der Waals surface area contributed by atoms with Crippen LogP contribution in [0, 0.1) is 0 Å². The van der Waals surface area contributed by atoms with Gasteiger partial charge in [-0.25, -0.2) is 0 Å². The lowest BCUT2D eigenvalue weighted by Gasteiger charge is -2.29. The summed E-state index contributed by atoms with van der Waals surface area (Å²) in [5.41, 5.74) is 11.2. The average Bonchev–Trinajstić information content (AvgIpc) is 2.27. The molecule has 0 saturated carbocycles. The largest absolute Gasteiger partial charge is 0.486 e. The molecule has 0 radical (unpaired) electrons. The maximum Gasteiger partial charge on any atom is 0.161 e. The summed E-state index contributed by atoms with van der Waals surface area (Å²) in [4.78, 5) is 0. The first kappa shape index (κ1) is 9.30. The molecule has 4 heteroatoms. The van der Waals surface area contributed by atoms with Crippen molar-refractivity contribution in [2.45, 2.75) is 12.1 Å². The quantitative estimate of drug-likeness (QED) is 0.701. The molecule has 2 atom stereocenters. The summed E-state index contributed by atoms with van der Waals surface area (Å²) in [5.74, 6) is 1.51. The number of para-hydroxylation sites is 2. The first-order valence-electron chi connectivity index (χ1n) is 4.65. The van der Waals surface area contributed by atoms with Gasteiger partial charge in [-0.3, -0.25) is 0 Å². The predicted molar refractivity (Wildman–Crippen MR) is 53.4 cm³/mol. The lowest BCUT2D eigenvalue weighted by Crippen LogP contribution is -2.48. The molecule has 2 rings (SSSR count). The molecule has 1 aromatic carbocycles. The second kappa shape index (κ2) is 3.86. The Morgan fingerprint density at radius 1 is 1.36 bits per heavy atom. The number of fused-ring (bicyclic) bond motifs is 1. The smallest absolute Gasteiger partial charge is 0.161 e. The Morgan fingerprint density at radius 3 is 2.79 bits per heavy atom. The molecule has 14 heavy (non-hydrogen) atoms. The minimum atomic E-state index is -0.177. The van der Waals surface area contributed by atoms with Crippen molar-refractivity contribution in [3.8, 4) is 11.5 Å². The third-order valence-electron chi connectivity index (χ3n) is 2.28. The van der Waals surface area contributed by atoms with Gasteiger partial charge in [0, 0.05) is 6.54 Å². The zero-order chi connectivity index (χ0) is 9.97. The van der Waals surface area contributed by atoms with Gasteiger partial charge in [0.05, 0.1) is 6.04 Å². The van der Waals surface area contributed by atoms with Gasteiger partial charge in [0.15, 0.2) is 11.5 Å². The van der Waals surface area contributed by atoms with E-state index in [-0.39, 0.29) is 12.1 Å². The Hall–Kier alpha value is -1.26. The first-order valence-corrected chi connectivity index (χ1v) is 4.65. The Labute approximate surface area is 82.8 Å². The van der Waals surface area contributed by atoms with Crippen LogP contribution in [0.3, 0.4) is 0 Å². The van der Waals surface area contributed by atoms with Gasteiger partial charge in [-0.05, 0) is 12.1 Å². The van der Waals surface area contributed by atoms with E-state index in [0.29, 0.717) is 13.2 Å². The van der Waals surface area contributed by atoms with Crippen molar-refractivity contribution in [3.05, 3.63) is 24.3 Å². The molecule has 4 nitrogen and oxygen atoms in total. The number of hydrogen-bond donors (Lipinski definition) is 2. The van der Waals surface area contributed by atoms with Crippen LogP contribution >= 0.6 is 0 Å². The molecule has 1 aliphatic heterocycles. The summed E-state index contributed by atoms with van der Waals surface area (Å²) in [6.07, 6.45) is -0.144. The van der Waals surface area contributed by atoms with Gasteiger partial charge in [0.1, 0.15) is 12.7 Å². The van der Waals surface area contributed by atoms with Crippen molar-refractivity contribution in [2.75, 3.05) is 13.2 Å². The van der Waals surface area contributed by atoms with Crippen molar-refractivity contribution < 1.29 is 9.47 Å². The molecular weight excluding hydrogens is 180 g/mol. The van der Waals surface area contributed by atoms with Crippen molar-refractivity contribution in [1.29, 1.82) is 0 Å². The maximum atomic E-state index is 5.77. The minimum Gasteiger partial charge on any atom is -0.486 e. The van der Waals surface area contributed by atoms with Crippen LogP contribution in [0.1, 0.15) is 0 Å². The molecule has 0 amide bonds. The molecular formula is C10H14N2O2. The molecule has 0 aliphatic carbocycles. The highest BCUT2D eigenvalue weighted by molar-refractivity contribution is 5.40. The van der Waals surface area contributed by atoms with Gasteiger partial charge in [0.2, 0.25) is 0 Å². The highest BCUT2D eigenvalue weighted by atomic mass is 16.6. The summed E-state index contributed by atoms with van der Waals surface area (Å²) in [7, 11) is 0. The summed E-state index contributed by atoms with van der Waals surface area (Å²) < 4.78 is 11.2. The van der Waals surface area contributed by atoms with E-state index in [1.807, 2.05) is 24.3 Å². The normalized spacial score (nSPS) is 21.7. The van der Waals surface area contributed by atoms with E-state index in [9.17, 15) is 0 Å². The van der Waals surface area contributed by atoms with E-state index in [2.05, 4.69) is 0 Å². The molecule has 1 heterocycles. The molecule has 0 spiro atoms. The SMILES string of the molecule is NCC(N)C1COc2ccccc2O1. The molecule has 0 fully saturated rings. The third-order valence-corrected chi connectivity index (χ3v) is 2.28. The number of benzene rings is 1. The lowest BCUT2D eigenvalue weighted by atomic mass is 10.1. The van der Waals surface area contributed by atoms with Crippen molar-refractivity contribution in [1.82, 2.24) is 0 Å². The Kier molecular flexibility index (Phi) is 2.56. The van der Waals surface area contributed by atoms with Crippen molar-refractivity contribution in [2.24, 2.45) is 11.5 Å². The van der Waals surface area contributed by atoms with E-state index in [0.717, 1.165) is 11.5 Å². The maximum absolute atomic E-state index is 5.77. The van der Waals surface area contributed by atoms with E-state index in [4.69, 9.17) is 20.9 Å². The van der Waals surface area contributed by atoms with Gasteiger partial charge in [-0.2, -0.15) is 0 Å². The van der Waals surface area contributed by atoms with Crippen molar-refractivity contribution >= 4 is 0 Å². The molecule has 1 aromatic rings. The van der Waals surface area contributed by atoms with Gasteiger partial charge in [0.25, 0.3) is 0 Å². The predicted octanol–water partition coefficient (Wildman–Crippen LogP) is 0.112. The second-order valence-corrected chi connectivity index (χ2v) is 3.31. The van der Waals surface area contributed by atoms with E-state index in [1.54, 1.807) is 0 Å². The fourth-order valence-electron chi connectivity index (χ4n) is 1.40. The Balaban J connectivity index is 2.13. The summed E-state index contributed by atoms with van der Waals surface area (Å²) in [5, 5.41) is 0. The Bertz CT molecular complexity index is 317. The van der Waals surface area contributed by atoms with Crippen LogP contribution in [0.25, 0.3) is 0 Å². The molecule has 0 bridgehead atoms. The van der Waals surface area contributed by atoms with Crippen LogP contribution in [0.15, 0.2) is 24.3 Å². The highest BCUT2D eigenvalue weighted by Crippen LogP contribution is 2.31. The van der Waals surface area contributed by atoms with Crippen LogP contribution < -0.4 is 20.9 Å². The average molecular weight is 194 g/mol. The standard InChI is InChI=1S/C10H14N2O2/c11-5-7(12)10-6-13-8-3-1-2-4-9(8)14-10/h1-4,7,10H,5-6,11-12H2. The van der Waals surface area contributed by atoms with Gasteiger partial charge in [-0.1, -0.05) is 12.1 Å². The molecule has 76 valence electrons. The zero-order valence-electron chi connectivity index (χ0n) is 7.85. The summed E-state index contributed by atoms with van der Waals surface area (Å²) in [6.45, 7) is 0.867. The Morgan fingerprint density at radius 2 is 2.07 bits per heavy atom. The molecule has 0 saturated heterocycles. The number of ether oxygens (including phenoxy) is 2. The molecule has 4 N–H and O–H groups in total. The lowest BCUT2D eigenvalue weighted by molar-refractivity contribution is 0.0742. The molecule has 0 aromatic heterocycles. The van der Waals surface area contributed by atoms with Crippen LogP contribution in [0.2, 0.25) is 0 Å². The third kappa shape index (κ3) is 1.66. The van der Waals surface area contributed by atoms with Gasteiger partial charge in [-0.15, -0.1) is 0 Å². The van der Waals surface area contributed by atoms with Gasteiger partial charge >= 0.3 is 0 Å². The number of nitrogens with two attached hydrogens (primary N) is 2. The monoisotopic (exact) mass is 194 g/mol. The second-order valence-electron chi connectivity index (χ2n) is 3.31. The first-order chi connectivity index (χ1) is 6.81. The zero-order valence-corrected chi connectivity index (χ0v) is 7.85. The summed E-state index contributed by atoms with van der Waals surface area (Å²) >= 11 is 0. The number of rotatable bonds is 2. The van der Waals surface area contributed by atoms with Gasteiger partial charge < -0.3 is 20.9 Å². The fraction of sp³-hybridized carbons (Fsp3) is 0.400. The van der Waals surface area contributed by atoms with Crippen LogP contribution in [-0.2, 0) is 0 Å². The highest BCUT2D eigenvalue weighted by Gasteiger charge is 2.25. The van der Waals surface area contributed by atoms with E-state index < -0.39 is 0 Å². The number of hydrogen-bond acceptors (Lipinski definition) is 4. The van der Waals surface area contributed by atoms with E-state index >= 15 is 0 Å². The molecule has 2 unspecified atom stereocenters.